The fourth-order valence-corrected chi connectivity index (χ4v) is 2.75. The van der Waals surface area contributed by atoms with E-state index in [9.17, 15) is 13.2 Å². The van der Waals surface area contributed by atoms with Gasteiger partial charge in [-0.05, 0) is 36.1 Å². The van der Waals surface area contributed by atoms with Crippen LogP contribution in [-0.2, 0) is 12.6 Å². The third-order valence-electron chi connectivity index (χ3n) is 3.33. The first-order valence-electron chi connectivity index (χ1n) is 6.46. The predicted octanol–water partition coefficient (Wildman–Crippen LogP) is 5.02. The van der Waals surface area contributed by atoms with Gasteiger partial charge < -0.3 is 5.73 Å². The van der Waals surface area contributed by atoms with Crippen molar-refractivity contribution in [3.8, 4) is 0 Å². The Morgan fingerprint density at radius 2 is 1.81 bits per heavy atom. The number of hydrogen-bond donors (Lipinski definition) is 1. The lowest BCUT2D eigenvalue weighted by Gasteiger charge is -2.16. The molecule has 0 radical (unpaired) electrons. The van der Waals surface area contributed by atoms with Crippen LogP contribution in [0.15, 0.2) is 46.9 Å². The molecule has 1 unspecified atom stereocenters. The average Bonchev–Trinajstić information content (AvgIpc) is 2.41. The topological polar surface area (TPSA) is 26.0 Å². The number of nitrogens with two attached hydrogens (primary N) is 1. The quantitative estimate of drug-likeness (QED) is 0.819. The van der Waals surface area contributed by atoms with Gasteiger partial charge in [0.1, 0.15) is 0 Å². The second kappa shape index (κ2) is 6.20. The molecule has 0 aromatic heterocycles. The van der Waals surface area contributed by atoms with Crippen LogP contribution < -0.4 is 5.73 Å². The van der Waals surface area contributed by atoms with Crippen LogP contribution in [0.25, 0.3) is 0 Å². The molecule has 2 N–H and O–H groups in total. The smallest absolute Gasteiger partial charge is 0.324 e. The minimum Gasteiger partial charge on any atom is -0.324 e. The van der Waals surface area contributed by atoms with Crippen LogP contribution in [0.1, 0.15) is 28.3 Å². The number of benzene rings is 2. The van der Waals surface area contributed by atoms with E-state index in [1.165, 1.54) is 6.07 Å². The Kier molecular flexibility index (Phi) is 4.74. The number of aryl methyl sites for hydroxylation is 1. The molecule has 0 aliphatic heterocycles. The maximum absolute atomic E-state index is 12.7. The van der Waals surface area contributed by atoms with Crippen LogP contribution in [0.3, 0.4) is 0 Å². The lowest BCUT2D eigenvalue weighted by Crippen LogP contribution is -2.15. The molecule has 2 aromatic rings. The number of alkyl halides is 3. The Bertz CT molecular complexity index is 638. The van der Waals surface area contributed by atoms with E-state index in [2.05, 4.69) is 15.9 Å². The summed E-state index contributed by atoms with van der Waals surface area (Å²) >= 11 is 3.48. The van der Waals surface area contributed by atoms with Crippen LogP contribution in [0.4, 0.5) is 13.2 Å². The van der Waals surface area contributed by atoms with Crippen LogP contribution >= 0.6 is 15.9 Å². The highest BCUT2D eigenvalue weighted by atomic mass is 79.9. The first-order chi connectivity index (χ1) is 9.79. The Morgan fingerprint density at radius 3 is 2.48 bits per heavy atom. The largest absolute Gasteiger partial charge is 0.416 e. The second-order valence-electron chi connectivity index (χ2n) is 4.99. The van der Waals surface area contributed by atoms with Crippen molar-refractivity contribution < 1.29 is 13.2 Å². The average molecular weight is 358 g/mol. The first kappa shape index (κ1) is 16.0. The summed E-state index contributed by atoms with van der Waals surface area (Å²) in [5, 5.41) is 0. The second-order valence-corrected chi connectivity index (χ2v) is 5.78. The highest BCUT2D eigenvalue weighted by molar-refractivity contribution is 9.10. The van der Waals surface area contributed by atoms with Gasteiger partial charge in [0.05, 0.1) is 5.56 Å². The molecule has 0 amide bonds. The molecule has 112 valence electrons. The summed E-state index contributed by atoms with van der Waals surface area (Å²) in [5.74, 6) is 0. The molecule has 0 saturated heterocycles. The van der Waals surface area contributed by atoms with Gasteiger partial charge in [-0.3, -0.25) is 0 Å². The predicted molar refractivity (Wildman–Crippen MR) is 81.0 cm³/mol. The molecule has 0 aliphatic rings. The van der Waals surface area contributed by atoms with Gasteiger partial charge in [-0.2, -0.15) is 13.2 Å². The molecule has 0 aliphatic carbocycles. The minimum atomic E-state index is -4.33. The molecule has 1 atom stereocenters. The molecule has 0 bridgehead atoms. The number of hydrogen-bond acceptors (Lipinski definition) is 1. The maximum atomic E-state index is 12.7. The molecule has 0 fully saturated rings. The molecular formula is C16H15BrF3N. The van der Waals surface area contributed by atoms with E-state index < -0.39 is 11.7 Å². The summed E-state index contributed by atoms with van der Waals surface area (Å²) < 4.78 is 39.0. The van der Waals surface area contributed by atoms with Gasteiger partial charge in [0.15, 0.2) is 0 Å². The van der Waals surface area contributed by atoms with Gasteiger partial charge in [0.25, 0.3) is 0 Å². The van der Waals surface area contributed by atoms with Crippen LogP contribution in [-0.4, -0.2) is 0 Å². The zero-order chi connectivity index (χ0) is 15.6. The summed E-state index contributed by atoms with van der Waals surface area (Å²) in [7, 11) is 0. The third kappa shape index (κ3) is 3.86. The van der Waals surface area contributed by atoms with Crippen molar-refractivity contribution in [2.75, 3.05) is 0 Å². The standard InChI is InChI=1S/C16H15BrF3N/c1-10-4-2-7-13(15(10)17)14(21)9-11-5-3-6-12(8-11)16(18,19)20/h2-8,14H,9,21H2,1H3. The van der Waals surface area contributed by atoms with Crippen molar-refractivity contribution in [1.29, 1.82) is 0 Å². The zero-order valence-corrected chi connectivity index (χ0v) is 13.0. The Morgan fingerprint density at radius 1 is 1.14 bits per heavy atom. The molecule has 0 spiro atoms. The summed E-state index contributed by atoms with van der Waals surface area (Å²) in [6.45, 7) is 1.95. The van der Waals surface area contributed by atoms with Gasteiger partial charge >= 0.3 is 6.18 Å². The van der Waals surface area contributed by atoms with E-state index in [0.29, 0.717) is 12.0 Å². The van der Waals surface area contributed by atoms with Crippen molar-refractivity contribution in [3.63, 3.8) is 0 Å². The molecule has 5 heteroatoms. The van der Waals surface area contributed by atoms with Crippen molar-refractivity contribution in [3.05, 3.63) is 69.2 Å². The van der Waals surface area contributed by atoms with Gasteiger partial charge in [0, 0.05) is 10.5 Å². The van der Waals surface area contributed by atoms with Crippen LogP contribution in [0, 0.1) is 6.92 Å². The summed E-state index contributed by atoms with van der Waals surface area (Å²) in [4.78, 5) is 0. The SMILES string of the molecule is Cc1cccc(C(N)Cc2cccc(C(F)(F)F)c2)c1Br. The number of halogens is 4. The highest BCUT2D eigenvalue weighted by Crippen LogP contribution is 2.31. The monoisotopic (exact) mass is 357 g/mol. The first-order valence-corrected chi connectivity index (χ1v) is 7.25. The number of rotatable bonds is 3. The van der Waals surface area contributed by atoms with E-state index in [4.69, 9.17) is 5.73 Å². The van der Waals surface area contributed by atoms with Crippen molar-refractivity contribution in [2.24, 2.45) is 5.73 Å². The van der Waals surface area contributed by atoms with Crippen LogP contribution in [0.2, 0.25) is 0 Å². The van der Waals surface area contributed by atoms with E-state index in [1.807, 2.05) is 25.1 Å². The molecule has 2 rings (SSSR count). The molecule has 0 heterocycles. The zero-order valence-electron chi connectivity index (χ0n) is 11.4. The summed E-state index contributed by atoms with van der Waals surface area (Å²) in [5.41, 5.74) is 8.02. The molecule has 21 heavy (non-hydrogen) atoms. The molecular weight excluding hydrogens is 343 g/mol. The Balaban J connectivity index is 2.24. The molecule has 1 nitrogen and oxygen atoms in total. The fourth-order valence-electron chi connectivity index (χ4n) is 2.20. The van der Waals surface area contributed by atoms with Gasteiger partial charge in [-0.1, -0.05) is 52.3 Å². The third-order valence-corrected chi connectivity index (χ3v) is 4.41. The van der Waals surface area contributed by atoms with E-state index in [1.54, 1.807) is 6.07 Å². The van der Waals surface area contributed by atoms with Crippen molar-refractivity contribution >= 4 is 15.9 Å². The van der Waals surface area contributed by atoms with Crippen molar-refractivity contribution in [1.82, 2.24) is 0 Å². The Hall–Kier alpha value is -1.33. The fraction of sp³-hybridized carbons (Fsp3) is 0.250. The lowest BCUT2D eigenvalue weighted by atomic mass is 9.97. The summed E-state index contributed by atoms with van der Waals surface area (Å²) in [6.07, 6.45) is -3.98. The van der Waals surface area contributed by atoms with E-state index >= 15 is 0 Å². The minimum absolute atomic E-state index is 0.353. The molecule has 0 saturated carbocycles. The van der Waals surface area contributed by atoms with Gasteiger partial charge in [-0.25, -0.2) is 0 Å². The van der Waals surface area contributed by atoms with E-state index in [-0.39, 0.29) is 6.04 Å². The molecule has 2 aromatic carbocycles. The highest BCUT2D eigenvalue weighted by Gasteiger charge is 2.30. The Labute approximate surface area is 130 Å². The van der Waals surface area contributed by atoms with Gasteiger partial charge in [0.2, 0.25) is 0 Å². The van der Waals surface area contributed by atoms with Crippen molar-refractivity contribution in [2.45, 2.75) is 25.6 Å². The maximum Gasteiger partial charge on any atom is 0.416 e. The lowest BCUT2D eigenvalue weighted by molar-refractivity contribution is -0.137. The summed E-state index contributed by atoms with van der Waals surface area (Å²) in [6, 6.07) is 10.7. The van der Waals surface area contributed by atoms with Gasteiger partial charge in [-0.15, -0.1) is 0 Å². The van der Waals surface area contributed by atoms with Crippen LogP contribution in [0.5, 0.6) is 0 Å². The van der Waals surface area contributed by atoms with E-state index in [0.717, 1.165) is 27.7 Å². The normalized spacial score (nSPS) is 13.2.